The average Bonchev–Trinajstić information content (AvgIpc) is 3.01. The van der Waals surface area contributed by atoms with E-state index < -0.39 is 5.97 Å². The van der Waals surface area contributed by atoms with Crippen molar-refractivity contribution in [2.24, 2.45) is 11.0 Å². The lowest BCUT2D eigenvalue weighted by atomic mass is 9.83. The van der Waals surface area contributed by atoms with Gasteiger partial charge >= 0.3 is 5.97 Å². The summed E-state index contributed by atoms with van der Waals surface area (Å²) in [6.45, 7) is 2.41. The van der Waals surface area contributed by atoms with Crippen LogP contribution in [0, 0.1) is 11.7 Å². The van der Waals surface area contributed by atoms with Gasteiger partial charge in [0.05, 0.1) is 18.0 Å². The van der Waals surface area contributed by atoms with Crippen LogP contribution < -0.4 is 5.43 Å². The number of carbonyl (C=O) groups is 1. The van der Waals surface area contributed by atoms with Crippen LogP contribution in [0.3, 0.4) is 0 Å². The number of fused-ring (bicyclic) bond motifs is 2. The summed E-state index contributed by atoms with van der Waals surface area (Å²) in [5, 5.41) is 13.7. The van der Waals surface area contributed by atoms with Crippen LogP contribution in [0.25, 0.3) is 11.6 Å². The third kappa shape index (κ3) is 3.15. The summed E-state index contributed by atoms with van der Waals surface area (Å²) in [5.41, 5.74) is 10.0. The third-order valence-corrected chi connectivity index (χ3v) is 6.19. The highest BCUT2D eigenvalue weighted by atomic mass is 19.1. The molecule has 3 aliphatic heterocycles. The molecule has 4 aliphatic rings. The number of nitrogens with one attached hydrogen (secondary N) is 1. The highest BCUT2D eigenvalue weighted by Crippen LogP contribution is 2.40. The lowest BCUT2D eigenvalue weighted by molar-refractivity contribution is -0.138. The second-order valence-corrected chi connectivity index (χ2v) is 8.16. The van der Waals surface area contributed by atoms with Crippen LogP contribution in [0.15, 0.2) is 40.8 Å². The zero-order valence-corrected chi connectivity index (χ0v) is 16.3. The third-order valence-electron chi connectivity index (χ3n) is 6.19. The number of benzene rings is 1. The summed E-state index contributed by atoms with van der Waals surface area (Å²) in [5.74, 6) is -0.679. The number of carboxylic acids is 1. The standard InChI is InChI=1S/C22H23FN4O2/c1-26-10-17(13-4-6-27(7-5-13)12-20(28)29)22-18(11-26)16-9-15(23)8-14-2-3-19(21(14)16)24-25-22/h2-3,8-9,11,13,25H,4-7,10,12H2,1H3,(H,28,29). The Morgan fingerprint density at radius 3 is 2.86 bits per heavy atom. The van der Waals surface area contributed by atoms with Crippen LogP contribution in [-0.2, 0) is 4.79 Å². The molecule has 0 saturated carbocycles. The number of piperidine rings is 1. The summed E-state index contributed by atoms with van der Waals surface area (Å²) in [4.78, 5) is 15.1. The molecule has 7 heteroatoms. The minimum absolute atomic E-state index is 0.0946. The molecule has 1 aliphatic carbocycles. The molecule has 0 spiro atoms. The van der Waals surface area contributed by atoms with Crippen LogP contribution in [0.4, 0.5) is 4.39 Å². The molecule has 0 unspecified atom stereocenters. The summed E-state index contributed by atoms with van der Waals surface area (Å²) in [6.07, 6.45) is 7.71. The Hall–Kier alpha value is -2.93. The fraction of sp³-hybridized carbons (Fsp3) is 0.364. The predicted molar refractivity (Wildman–Crippen MR) is 110 cm³/mol. The molecule has 0 bridgehead atoms. The molecule has 6 nitrogen and oxygen atoms in total. The largest absolute Gasteiger partial charge is 0.480 e. The minimum atomic E-state index is -0.780. The predicted octanol–water partition coefficient (Wildman–Crippen LogP) is 2.50. The minimum Gasteiger partial charge on any atom is -0.480 e. The number of likely N-dealkylation sites (N-methyl/N-ethyl adjacent to an activating group) is 1. The number of halogens is 1. The van der Waals surface area contributed by atoms with Crippen molar-refractivity contribution in [3.63, 3.8) is 0 Å². The van der Waals surface area contributed by atoms with E-state index in [2.05, 4.69) is 21.6 Å². The van der Waals surface area contributed by atoms with E-state index in [0.717, 1.165) is 66.1 Å². The van der Waals surface area contributed by atoms with Crippen LogP contribution >= 0.6 is 0 Å². The Morgan fingerprint density at radius 1 is 1.31 bits per heavy atom. The second-order valence-electron chi connectivity index (χ2n) is 8.16. The molecule has 1 fully saturated rings. The lowest BCUT2D eigenvalue weighted by Gasteiger charge is -2.36. The maximum atomic E-state index is 14.3. The molecule has 2 N–H and O–H groups in total. The quantitative estimate of drug-likeness (QED) is 0.825. The number of carboxylic acid groups (broad SMARTS) is 1. The maximum absolute atomic E-state index is 14.3. The first-order valence-corrected chi connectivity index (χ1v) is 9.95. The van der Waals surface area contributed by atoms with E-state index in [0.29, 0.717) is 5.92 Å². The molecule has 1 saturated heterocycles. The van der Waals surface area contributed by atoms with Gasteiger partial charge in [-0.05, 0) is 66.8 Å². The van der Waals surface area contributed by atoms with E-state index in [-0.39, 0.29) is 12.4 Å². The molecule has 29 heavy (non-hydrogen) atoms. The number of nitrogens with zero attached hydrogens (tertiary/aromatic N) is 3. The Balaban J connectivity index is 1.53. The number of likely N-dealkylation sites (tertiary alicyclic amines) is 1. The average molecular weight is 394 g/mol. The Morgan fingerprint density at radius 2 is 2.10 bits per heavy atom. The van der Waals surface area contributed by atoms with Crippen molar-refractivity contribution in [3.05, 3.63) is 58.2 Å². The van der Waals surface area contributed by atoms with Crippen molar-refractivity contribution >= 4 is 23.3 Å². The number of allylic oxidation sites excluding steroid dienone is 2. The molecular weight excluding hydrogens is 371 g/mol. The maximum Gasteiger partial charge on any atom is 0.317 e. The van der Waals surface area contributed by atoms with Gasteiger partial charge in [0, 0.05) is 30.9 Å². The van der Waals surface area contributed by atoms with E-state index in [1.807, 2.05) is 24.1 Å². The van der Waals surface area contributed by atoms with Crippen molar-refractivity contribution in [3.8, 4) is 0 Å². The Labute approximate surface area is 168 Å². The van der Waals surface area contributed by atoms with Gasteiger partial charge in [0.15, 0.2) is 0 Å². The van der Waals surface area contributed by atoms with Gasteiger partial charge < -0.3 is 10.0 Å². The summed E-state index contributed by atoms with van der Waals surface area (Å²) in [7, 11) is 2.04. The lowest BCUT2D eigenvalue weighted by Crippen LogP contribution is -2.39. The van der Waals surface area contributed by atoms with Crippen LogP contribution in [0.1, 0.15) is 29.5 Å². The SMILES string of the molecule is CN1C=C2C(=C(C3CCN(CC(=O)O)CC3)C1)NN=C1C=Cc3cc(F)cc2c31. The molecule has 0 aromatic heterocycles. The molecule has 0 atom stereocenters. The highest BCUT2D eigenvalue weighted by Gasteiger charge is 2.33. The van der Waals surface area contributed by atoms with E-state index in [4.69, 9.17) is 5.11 Å². The smallest absolute Gasteiger partial charge is 0.317 e. The van der Waals surface area contributed by atoms with Gasteiger partial charge in [0.2, 0.25) is 0 Å². The van der Waals surface area contributed by atoms with E-state index in [1.165, 1.54) is 5.57 Å². The van der Waals surface area contributed by atoms with E-state index in [9.17, 15) is 9.18 Å². The number of aliphatic carboxylic acids is 1. The van der Waals surface area contributed by atoms with Gasteiger partial charge in [0.1, 0.15) is 5.82 Å². The molecule has 1 aromatic rings. The summed E-state index contributed by atoms with van der Waals surface area (Å²) in [6, 6.07) is 3.16. The number of hydrazone groups is 1. The summed E-state index contributed by atoms with van der Waals surface area (Å²) < 4.78 is 14.3. The van der Waals surface area contributed by atoms with Gasteiger partial charge in [0.25, 0.3) is 0 Å². The molecule has 1 aromatic carbocycles. The first-order chi connectivity index (χ1) is 14.0. The van der Waals surface area contributed by atoms with Gasteiger partial charge in [-0.25, -0.2) is 4.39 Å². The number of rotatable bonds is 3. The van der Waals surface area contributed by atoms with E-state index in [1.54, 1.807) is 12.1 Å². The topological polar surface area (TPSA) is 68.2 Å². The number of hydrogen-bond acceptors (Lipinski definition) is 5. The number of hydrogen-bond donors (Lipinski definition) is 2. The van der Waals surface area contributed by atoms with Crippen LogP contribution in [0.5, 0.6) is 0 Å². The van der Waals surface area contributed by atoms with Crippen molar-refractivity contribution < 1.29 is 14.3 Å². The van der Waals surface area contributed by atoms with Crippen molar-refractivity contribution in [1.29, 1.82) is 0 Å². The molecule has 150 valence electrons. The van der Waals surface area contributed by atoms with Crippen LogP contribution in [0.2, 0.25) is 0 Å². The fourth-order valence-corrected chi connectivity index (χ4v) is 4.87. The molecule has 5 rings (SSSR count). The summed E-state index contributed by atoms with van der Waals surface area (Å²) >= 11 is 0. The van der Waals surface area contributed by atoms with Gasteiger partial charge in [-0.3, -0.25) is 15.1 Å². The van der Waals surface area contributed by atoms with Crippen molar-refractivity contribution in [2.75, 3.05) is 33.2 Å². The Bertz CT molecular complexity index is 1020. The normalized spacial score (nSPS) is 21.2. The van der Waals surface area contributed by atoms with Crippen molar-refractivity contribution in [1.82, 2.24) is 15.2 Å². The monoisotopic (exact) mass is 394 g/mol. The Kier molecular flexibility index (Phi) is 4.28. The van der Waals surface area contributed by atoms with E-state index >= 15 is 0 Å². The van der Waals surface area contributed by atoms with Gasteiger partial charge in [-0.2, -0.15) is 5.10 Å². The molecule has 0 amide bonds. The van der Waals surface area contributed by atoms with Crippen molar-refractivity contribution in [2.45, 2.75) is 12.8 Å². The second kappa shape index (κ2) is 6.84. The highest BCUT2D eigenvalue weighted by molar-refractivity contribution is 6.20. The van der Waals surface area contributed by atoms with Gasteiger partial charge in [-0.15, -0.1) is 0 Å². The zero-order chi connectivity index (χ0) is 20.1. The van der Waals surface area contributed by atoms with Gasteiger partial charge in [-0.1, -0.05) is 6.08 Å². The van der Waals surface area contributed by atoms with Crippen LogP contribution in [-0.4, -0.2) is 59.8 Å². The zero-order valence-electron chi connectivity index (χ0n) is 16.3. The molecule has 3 heterocycles. The molecule has 0 radical (unpaired) electrons. The first kappa shape index (κ1) is 18.1. The molecular formula is C22H23FN4O2. The fourth-order valence-electron chi connectivity index (χ4n) is 4.87. The first-order valence-electron chi connectivity index (χ1n) is 9.95.